The van der Waals surface area contributed by atoms with Crippen molar-refractivity contribution in [3.63, 3.8) is 0 Å². The second-order valence-electron chi connectivity index (χ2n) is 4.67. The normalized spacial score (nSPS) is 21.3. The first-order valence-electron chi connectivity index (χ1n) is 6.52. The van der Waals surface area contributed by atoms with Gasteiger partial charge in [0.15, 0.2) is 0 Å². The van der Waals surface area contributed by atoms with Crippen LogP contribution in [0.5, 0.6) is 5.75 Å². The second kappa shape index (κ2) is 5.90. The van der Waals surface area contributed by atoms with Crippen LogP contribution in [0.1, 0.15) is 19.8 Å². The molecule has 0 amide bonds. The minimum atomic E-state index is -3.46. The molecule has 0 aliphatic carbocycles. The average molecular weight is 284 g/mol. The van der Waals surface area contributed by atoms with Crippen molar-refractivity contribution < 1.29 is 13.2 Å². The summed E-state index contributed by atoms with van der Waals surface area (Å²) in [6, 6.07) is 6.54. The van der Waals surface area contributed by atoms with Crippen molar-refractivity contribution in [2.45, 2.75) is 30.7 Å². The van der Waals surface area contributed by atoms with E-state index in [1.807, 2.05) is 6.92 Å². The van der Waals surface area contributed by atoms with Crippen LogP contribution in [-0.2, 0) is 10.0 Å². The van der Waals surface area contributed by atoms with Gasteiger partial charge in [0.25, 0.3) is 0 Å². The van der Waals surface area contributed by atoms with Gasteiger partial charge in [-0.25, -0.2) is 8.42 Å². The zero-order chi connectivity index (χ0) is 13.9. The minimum Gasteiger partial charge on any atom is -0.494 e. The molecule has 2 rings (SSSR count). The first-order chi connectivity index (χ1) is 9.04. The van der Waals surface area contributed by atoms with Crippen LogP contribution in [0.3, 0.4) is 0 Å². The molecule has 0 bridgehead atoms. The van der Waals surface area contributed by atoms with E-state index in [-0.39, 0.29) is 10.9 Å². The highest BCUT2D eigenvalue weighted by Crippen LogP contribution is 2.23. The average Bonchev–Trinajstić information content (AvgIpc) is 2.39. The molecule has 5 nitrogen and oxygen atoms in total. The van der Waals surface area contributed by atoms with Crippen molar-refractivity contribution in [2.24, 2.45) is 5.73 Å². The molecule has 0 spiro atoms. The summed E-state index contributed by atoms with van der Waals surface area (Å²) >= 11 is 0. The van der Waals surface area contributed by atoms with Gasteiger partial charge in [0, 0.05) is 25.2 Å². The van der Waals surface area contributed by atoms with E-state index in [4.69, 9.17) is 10.5 Å². The van der Waals surface area contributed by atoms with Crippen LogP contribution in [0.4, 0.5) is 0 Å². The van der Waals surface area contributed by atoms with Gasteiger partial charge in [0.1, 0.15) is 5.75 Å². The molecule has 1 heterocycles. The number of nitrogens with zero attached hydrogens (tertiary/aromatic N) is 1. The van der Waals surface area contributed by atoms with E-state index < -0.39 is 10.0 Å². The molecule has 1 fully saturated rings. The second-order valence-corrected chi connectivity index (χ2v) is 6.61. The predicted molar refractivity (Wildman–Crippen MR) is 73.6 cm³/mol. The maximum atomic E-state index is 12.5. The number of ether oxygens (including phenoxy) is 1. The zero-order valence-corrected chi connectivity index (χ0v) is 11.9. The smallest absolute Gasteiger partial charge is 0.243 e. The summed E-state index contributed by atoms with van der Waals surface area (Å²) in [4.78, 5) is 0.271. The van der Waals surface area contributed by atoms with Gasteiger partial charge >= 0.3 is 0 Å². The van der Waals surface area contributed by atoms with E-state index in [1.54, 1.807) is 24.3 Å². The standard InChI is InChI=1S/C13H20N2O3S/c1-2-18-12-6-3-7-13(9-12)19(16,17)15-8-4-5-11(14)10-15/h3,6-7,9,11H,2,4-5,8,10,14H2,1H3/t11-/m1/s1. The van der Waals surface area contributed by atoms with Gasteiger partial charge in [0.05, 0.1) is 11.5 Å². The van der Waals surface area contributed by atoms with Gasteiger partial charge in [-0.15, -0.1) is 0 Å². The van der Waals surface area contributed by atoms with Crippen LogP contribution in [0, 0.1) is 0 Å². The topological polar surface area (TPSA) is 72.6 Å². The largest absolute Gasteiger partial charge is 0.494 e. The van der Waals surface area contributed by atoms with Gasteiger partial charge in [-0.2, -0.15) is 4.31 Å². The Labute approximate surface area is 114 Å². The van der Waals surface area contributed by atoms with Crippen molar-refractivity contribution in [3.8, 4) is 5.75 Å². The highest BCUT2D eigenvalue weighted by Gasteiger charge is 2.28. The molecule has 0 saturated carbocycles. The van der Waals surface area contributed by atoms with Crippen molar-refractivity contribution in [2.75, 3.05) is 19.7 Å². The number of benzene rings is 1. The van der Waals surface area contributed by atoms with E-state index in [9.17, 15) is 8.42 Å². The molecule has 1 saturated heterocycles. The molecule has 1 atom stereocenters. The van der Waals surface area contributed by atoms with E-state index in [0.717, 1.165) is 12.8 Å². The van der Waals surface area contributed by atoms with Crippen molar-refractivity contribution in [1.82, 2.24) is 4.31 Å². The van der Waals surface area contributed by atoms with Gasteiger partial charge in [-0.1, -0.05) is 6.07 Å². The van der Waals surface area contributed by atoms with Crippen molar-refractivity contribution >= 4 is 10.0 Å². The monoisotopic (exact) mass is 284 g/mol. The molecule has 1 aliphatic rings. The quantitative estimate of drug-likeness (QED) is 0.901. The van der Waals surface area contributed by atoms with E-state index in [1.165, 1.54) is 4.31 Å². The van der Waals surface area contributed by atoms with Crippen LogP contribution in [0.2, 0.25) is 0 Å². The maximum Gasteiger partial charge on any atom is 0.243 e. The minimum absolute atomic E-state index is 0.0707. The summed E-state index contributed by atoms with van der Waals surface area (Å²) in [6.07, 6.45) is 1.69. The molecule has 0 unspecified atom stereocenters. The highest BCUT2D eigenvalue weighted by atomic mass is 32.2. The number of rotatable bonds is 4. The molecule has 1 aromatic rings. The third-order valence-corrected chi connectivity index (χ3v) is 5.04. The van der Waals surface area contributed by atoms with E-state index >= 15 is 0 Å². The molecule has 1 aromatic carbocycles. The molecular weight excluding hydrogens is 264 g/mol. The Morgan fingerprint density at radius 3 is 2.95 bits per heavy atom. The first-order valence-corrected chi connectivity index (χ1v) is 7.96. The molecule has 19 heavy (non-hydrogen) atoms. The van der Waals surface area contributed by atoms with Crippen LogP contribution < -0.4 is 10.5 Å². The lowest BCUT2D eigenvalue weighted by atomic mass is 10.1. The SMILES string of the molecule is CCOc1cccc(S(=O)(=O)N2CCC[C@@H](N)C2)c1. The number of sulfonamides is 1. The fraction of sp³-hybridized carbons (Fsp3) is 0.538. The molecule has 0 radical (unpaired) electrons. The third kappa shape index (κ3) is 3.26. The summed E-state index contributed by atoms with van der Waals surface area (Å²) in [5.41, 5.74) is 5.85. The summed E-state index contributed by atoms with van der Waals surface area (Å²) in [6.45, 7) is 3.30. The van der Waals surface area contributed by atoms with Crippen LogP contribution in [0.15, 0.2) is 29.2 Å². The van der Waals surface area contributed by atoms with Crippen LogP contribution in [0.25, 0.3) is 0 Å². The number of piperidine rings is 1. The summed E-state index contributed by atoms with van der Waals surface area (Å²) in [5.74, 6) is 0.574. The molecule has 106 valence electrons. The Morgan fingerprint density at radius 1 is 1.47 bits per heavy atom. The first kappa shape index (κ1) is 14.3. The van der Waals surface area contributed by atoms with E-state index in [0.29, 0.717) is 25.4 Å². The van der Waals surface area contributed by atoms with Gasteiger partial charge in [0.2, 0.25) is 10.0 Å². The Bertz CT molecular complexity index is 530. The van der Waals surface area contributed by atoms with Crippen molar-refractivity contribution in [3.05, 3.63) is 24.3 Å². The van der Waals surface area contributed by atoms with Crippen molar-refractivity contribution in [1.29, 1.82) is 0 Å². The zero-order valence-electron chi connectivity index (χ0n) is 11.1. The number of nitrogens with two attached hydrogens (primary N) is 1. The lowest BCUT2D eigenvalue weighted by Crippen LogP contribution is -2.45. The fourth-order valence-electron chi connectivity index (χ4n) is 2.23. The molecular formula is C13H20N2O3S. The Kier molecular flexibility index (Phi) is 4.44. The number of hydrogen-bond acceptors (Lipinski definition) is 4. The number of hydrogen-bond donors (Lipinski definition) is 1. The van der Waals surface area contributed by atoms with Crippen LogP contribution >= 0.6 is 0 Å². The molecule has 1 aliphatic heterocycles. The fourth-order valence-corrected chi connectivity index (χ4v) is 3.80. The molecule has 2 N–H and O–H groups in total. The Balaban J connectivity index is 2.25. The molecule has 0 aromatic heterocycles. The van der Waals surface area contributed by atoms with Gasteiger partial charge in [-0.05, 0) is 31.9 Å². The lowest BCUT2D eigenvalue weighted by Gasteiger charge is -2.29. The Morgan fingerprint density at radius 2 is 2.26 bits per heavy atom. The maximum absolute atomic E-state index is 12.5. The third-order valence-electron chi connectivity index (χ3n) is 3.17. The van der Waals surface area contributed by atoms with Gasteiger partial charge in [-0.3, -0.25) is 0 Å². The summed E-state index contributed by atoms with van der Waals surface area (Å²) < 4.78 is 31.8. The summed E-state index contributed by atoms with van der Waals surface area (Å²) in [7, 11) is -3.46. The highest BCUT2D eigenvalue weighted by molar-refractivity contribution is 7.89. The predicted octanol–water partition coefficient (Wildman–Crippen LogP) is 1.20. The van der Waals surface area contributed by atoms with Crippen LogP contribution in [-0.4, -0.2) is 38.5 Å². The summed E-state index contributed by atoms with van der Waals surface area (Å²) in [5, 5.41) is 0. The van der Waals surface area contributed by atoms with E-state index in [2.05, 4.69) is 0 Å². The molecule has 6 heteroatoms. The van der Waals surface area contributed by atoms with Gasteiger partial charge < -0.3 is 10.5 Å². The lowest BCUT2D eigenvalue weighted by molar-refractivity contribution is 0.315. The Hall–Kier alpha value is -1.11.